The Bertz CT molecular complexity index is 853. The Kier molecular flexibility index (Phi) is 4.42. The molecular weight excluding hydrogens is 338 g/mol. The number of nitrogens with one attached hydrogen (secondary N) is 3. The van der Waals surface area contributed by atoms with Crippen molar-refractivity contribution in [3.63, 3.8) is 0 Å². The largest absolute Gasteiger partial charge is 0.351 e. The van der Waals surface area contributed by atoms with Crippen LogP contribution in [-0.4, -0.2) is 32.0 Å². The molecule has 0 spiro atoms. The molecule has 1 aliphatic rings. The van der Waals surface area contributed by atoms with Crippen molar-refractivity contribution in [1.29, 1.82) is 0 Å². The van der Waals surface area contributed by atoms with Gasteiger partial charge in [-0.1, -0.05) is 11.6 Å². The Hall–Kier alpha value is -2.38. The molecule has 1 aromatic carbocycles. The Morgan fingerprint density at radius 1 is 1.08 bits per heavy atom. The number of benzene rings is 1. The lowest BCUT2D eigenvalue weighted by atomic mass is 9.92. The van der Waals surface area contributed by atoms with Crippen molar-refractivity contribution >= 4 is 40.2 Å². The maximum absolute atomic E-state index is 5.98. The molecule has 0 bridgehead atoms. The molecule has 0 unspecified atom stereocenters. The number of nitrogens with zero attached hydrogens (tertiary/aromatic N) is 3. The first-order valence-corrected chi connectivity index (χ1v) is 8.81. The van der Waals surface area contributed by atoms with Crippen molar-refractivity contribution < 1.29 is 0 Å². The van der Waals surface area contributed by atoms with E-state index in [2.05, 4.69) is 30.6 Å². The number of fused-ring (bicyclic) bond motifs is 1. The second-order valence-corrected chi connectivity index (χ2v) is 6.82. The van der Waals surface area contributed by atoms with E-state index >= 15 is 0 Å². The third-order valence-corrected chi connectivity index (χ3v) is 4.74. The molecule has 5 N–H and O–H groups in total. The third-order valence-electron chi connectivity index (χ3n) is 4.49. The summed E-state index contributed by atoms with van der Waals surface area (Å²) in [6.45, 7) is 0. The molecule has 1 saturated carbocycles. The summed E-state index contributed by atoms with van der Waals surface area (Å²) in [6.07, 6.45) is 5.74. The first-order valence-electron chi connectivity index (χ1n) is 8.43. The fourth-order valence-electron chi connectivity index (χ4n) is 3.10. The number of imidazole rings is 1. The zero-order valence-corrected chi connectivity index (χ0v) is 14.4. The molecule has 0 amide bonds. The number of anilines is 3. The van der Waals surface area contributed by atoms with Crippen molar-refractivity contribution in [2.75, 3.05) is 10.6 Å². The molecular formula is C17H20ClN7. The molecule has 7 nitrogen and oxygen atoms in total. The maximum Gasteiger partial charge on any atom is 0.227 e. The number of nitrogens with two attached hydrogens (primary N) is 1. The highest BCUT2D eigenvalue weighted by Gasteiger charge is 2.20. The first-order chi connectivity index (χ1) is 12.2. The molecule has 0 atom stereocenters. The van der Waals surface area contributed by atoms with E-state index in [4.69, 9.17) is 17.3 Å². The van der Waals surface area contributed by atoms with Crippen LogP contribution in [0.1, 0.15) is 25.7 Å². The zero-order chi connectivity index (χ0) is 17.2. The van der Waals surface area contributed by atoms with Crippen molar-refractivity contribution in [2.24, 2.45) is 5.73 Å². The van der Waals surface area contributed by atoms with Gasteiger partial charge in [-0.25, -0.2) is 4.98 Å². The minimum atomic E-state index is 0.316. The Labute approximate surface area is 150 Å². The predicted octanol–water partition coefficient (Wildman–Crippen LogP) is 3.43. The summed E-state index contributed by atoms with van der Waals surface area (Å²) in [6, 6.07) is 8.13. The normalized spacial score (nSPS) is 20.6. The van der Waals surface area contributed by atoms with Gasteiger partial charge in [0, 0.05) is 22.8 Å². The highest BCUT2D eigenvalue weighted by atomic mass is 35.5. The van der Waals surface area contributed by atoms with E-state index < -0.39 is 0 Å². The van der Waals surface area contributed by atoms with E-state index in [1.165, 1.54) is 0 Å². The SMILES string of the molecule is N[C@H]1CC[C@H](Nc2nc(Nc3ccc(Cl)cc3)c3nc[nH]c3n2)CC1. The molecule has 130 valence electrons. The predicted molar refractivity (Wildman–Crippen MR) is 100 cm³/mol. The van der Waals surface area contributed by atoms with E-state index in [9.17, 15) is 0 Å². The smallest absolute Gasteiger partial charge is 0.227 e. The van der Waals surface area contributed by atoms with Crippen molar-refractivity contribution in [3.05, 3.63) is 35.6 Å². The summed E-state index contributed by atoms with van der Waals surface area (Å²) in [4.78, 5) is 16.5. The lowest BCUT2D eigenvalue weighted by molar-refractivity contribution is 0.410. The molecule has 0 aliphatic heterocycles. The molecule has 25 heavy (non-hydrogen) atoms. The van der Waals surface area contributed by atoms with E-state index in [1.807, 2.05) is 24.3 Å². The minimum absolute atomic E-state index is 0.316. The van der Waals surface area contributed by atoms with Crippen LogP contribution in [0.25, 0.3) is 11.2 Å². The van der Waals surface area contributed by atoms with Crippen LogP contribution < -0.4 is 16.4 Å². The van der Waals surface area contributed by atoms with Gasteiger partial charge in [0.15, 0.2) is 17.0 Å². The monoisotopic (exact) mass is 357 g/mol. The van der Waals surface area contributed by atoms with Crippen LogP contribution in [-0.2, 0) is 0 Å². The first kappa shape index (κ1) is 16.1. The molecule has 8 heteroatoms. The Balaban J connectivity index is 1.59. The van der Waals surface area contributed by atoms with Crippen molar-refractivity contribution in [2.45, 2.75) is 37.8 Å². The quantitative estimate of drug-likeness (QED) is 0.570. The van der Waals surface area contributed by atoms with Gasteiger partial charge >= 0.3 is 0 Å². The molecule has 2 aromatic heterocycles. The lowest BCUT2D eigenvalue weighted by Crippen LogP contribution is -2.33. The summed E-state index contributed by atoms with van der Waals surface area (Å²) >= 11 is 5.95. The van der Waals surface area contributed by atoms with Crippen LogP contribution >= 0.6 is 11.6 Å². The van der Waals surface area contributed by atoms with Gasteiger partial charge in [-0.05, 0) is 49.9 Å². The number of H-pyrrole nitrogens is 1. The maximum atomic E-state index is 5.98. The summed E-state index contributed by atoms with van der Waals surface area (Å²) in [5.74, 6) is 1.25. The summed E-state index contributed by atoms with van der Waals surface area (Å²) in [5.41, 5.74) is 8.27. The molecule has 3 aromatic rings. The average molecular weight is 358 g/mol. The number of aromatic amines is 1. The van der Waals surface area contributed by atoms with Crippen LogP contribution in [0, 0.1) is 0 Å². The van der Waals surface area contributed by atoms with Gasteiger partial charge in [0.25, 0.3) is 0 Å². The number of hydrogen-bond donors (Lipinski definition) is 4. The number of halogens is 1. The second-order valence-electron chi connectivity index (χ2n) is 6.38. The van der Waals surface area contributed by atoms with Gasteiger partial charge in [0.05, 0.1) is 6.33 Å². The van der Waals surface area contributed by atoms with Crippen molar-refractivity contribution in [3.8, 4) is 0 Å². The molecule has 2 heterocycles. The summed E-state index contributed by atoms with van der Waals surface area (Å²) < 4.78 is 0. The van der Waals surface area contributed by atoms with Gasteiger partial charge < -0.3 is 21.4 Å². The molecule has 1 aliphatic carbocycles. The fraction of sp³-hybridized carbons (Fsp3) is 0.353. The number of aromatic nitrogens is 4. The van der Waals surface area contributed by atoms with Crippen LogP contribution in [0.4, 0.5) is 17.5 Å². The van der Waals surface area contributed by atoms with Crippen LogP contribution in [0.2, 0.25) is 5.02 Å². The van der Waals surface area contributed by atoms with Crippen molar-refractivity contribution in [1.82, 2.24) is 19.9 Å². The second kappa shape index (κ2) is 6.85. The number of rotatable bonds is 4. The summed E-state index contributed by atoms with van der Waals surface area (Å²) in [7, 11) is 0. The van der Waals surface area contributed by atoms with Gasteiger partial charge in [0.2, 0.25) is 5.95 Å². The average Bonchev–Trinajstić information content (AvgIpc) is 3.08. The van der Waals surface area contributed by atoms with E-state index in [1.54, 1.807) is 6.33 Å². The van der Waals surface area contributed by atoms with Gasteiger partial charge in [0.1, 0.15) is 0 Å². The molecule has 0 radical (unpaired) electrons. The standard InChI is InChI=1S/C17H20ClN7/c18-10-1-5-12(6-2-10)22-16-14-15(21-9-20-14)24-17(25-16)23-13-7-3-11(19)4-8-13/h1-2,5-6,9,11,13H,3-4,7-8,19H2,(H3,20,21,22,23,24,25)/t11-,13-. The van der Waals surface area contributed by atoms with Crippen LogP contribution in [0.15, 0.2) is 30.6 Å². The molecule has 4 rings (SSSR count). The van der Waals surface area contributed by atoms with Gasteiger partial charge in [-0.2, -0.15) is 9.97 Å². The fourth-order valence-corrected chi connectivity index (χ4v) is 3.23. The van der Waals surface area contributed by atoms with E-state index in [-0.39, 0.29) is 0 Å². The van der Waals surface area contributed by atoms with E-state index in [0.717, 1.165) is 31.4 Å². The number of hydrogen-bond acceptors (Lipinski definition) is 6. The van der Waals surface area contributed by atoms with Crippen LogP contribution in [0.5, 0.6) is 0 Å². The highest BCUT2D eigenvalue weighted by molar-refractivity contribution is 6.30. The zero-order valence-electron chi connectivity index (χ0n) is 13.7. The van der Waals surface area contributed by atoms with Crippen LogP contribution in [0.3, 0.4) is 0 Å². The van der Waals surface area contributed by atoms with E-state index in [0.29, 0.717) is 40.0 Å². The molecule has 1 fully saturated rings. The Morgan fingerprint density at radius 2 is 1.84 bits per heavy atom. The third kappa shape index (κ3) is 3.67. The van der Waals surface area contributed by atoms with Gasteiger partial charge in [-0.15, -0.1) is 0 Å². The topological polar surface area (TPSA) is 105 Å². The Morgan fingerprint density at radius 3 is 2.60 bits per heavy atom. The summed E-state index contributed by atoms with van der Waals surface area (Å²) in [5, 5.41) is 7.42. The lowest BCUT2D eigenvalue weighted by Gasteiger charge is -2.26. The molecule has 0 saturated heterocycles. The highest BCUT2D eigenvalue weighted by Crippen LogP contribution is 2.25. The van der Waals surface area contributed by atoms with Gasteiger partial charge in [-0.3, -0.25) is 0 Å². The minimum Gasteiger partial charge on any atom is -0.351 e.